The van der Waals surface area contributed by atoms with E-state index in [0.29, 0.717) is 12.4 Å². The summed E-state index contributed by atoms with van der Waals surface area (Å²) in [7, 11) is 0. The molecule has 2 aromatic rings. The Morgan fingerprint density at radius 1 is 0.920 bits per heavy atom. The zero-order valence-electron chi connectivity index (χ0n) is 13.8. The molecule has 0 saturated carbocycles. The van der Waals surface area contributed by atoms with Gasteiger partial charge in [0.15, 0.2) is 0 Å². The molecule has 1 amide bonds. The SMILES string of the molecule is O=C(CN1CC(OCc2ccccc2)=CC1=O)OCc1ccccc1. The van der Waals surface area contributed by atoms with Crippen molar-refractivity contribution in [2.75, 3.05) is 13.1 Å². The number of amides is 1. The maximum atomic E-state index is 12.0. The Morgan fingerprint density at radius 3 is 2.16 bits per heavy atom. The summed E-state index contributed by atoms with van der Waals surface area (Å²) in [6, 6.07) is 19.1. The third kappa shape index (κ3) is 4.94. The van der Waals surface area contributed by atoms with Crippen LogP contribution in [0, 0.1) is 0 Å². The summed E-state index contributed by atoms with van der Waals surface area (Å²) in [4.78, 5) is 25.3. The van der Waals surface area contributed by atoms with Crippen molar-refractivity contribution < 1.29 is 19.1 Å². The number of hydrogen-bond donors (Lipinski definition) is 0. The highest BCUT2D eigenvalue weighted by Crippen LogP contribution is 2.14. The van der Waals surface area contributed by atoms with Gasteiger partial charge in [-0.05, 0) is 11.1 Å². The molecule has 0 spiro atoms. The lowest BCUT2D eigenvalue weighted by atomic mass is 10.2. The molecule has 0 fully saturated rings. The molecule has 0 aromatic heterocycles. The Hall–Kier alpha value is -3.08. The van der Waals surface area contributed by atoms with Crippen molar-refractivity contribution in [3.8, 4) is 0 Å². The first-order valence-corrected chi connectivity index (χ1v) is 8.06. The highest BCUT2D eigenvalue weighted by molar-refractivity contribution is 5.93. The van der Waals surface area contributed by atoms with E-state index < -0.39 is 5.97 Å². The van der Waals surface area contributed by atoms with Crippen LogP contribution in [0.25, 0.3) is 0 Å². The fourth-order valence-corrected chi connectivity index (χ4v) is 2.45. The summed E-state index contributed by atoms with van der Waals surface area (Å²) in [5, 5.41) is 0. The van der Waals surface area contributed by atoms with Crippen LogP contribution in [0.3, 0.4) is 0 Å². The van der Waals surface area contributed by atoms with Gasteiger partial charge in [0.05, 0.1) is 6.54 Å². The molecular formula is C20H19NO4. The lowest BCUT2D eigenvalue weighted by Gasteiger charge is -2.16. The van der Waals surface area contributed by atoms with E-state index in [1.807, 2.05) is 60.7 Å². The van der Waals surface area contributed by atoms with Gasteiger partial charge in [0.1, 0.15) is 25.5 Å². The van der Waals surface area contributed by atoms with Gasteiger partial charge in [-0.1, -0.05) is 60.7 Å². The van der Waals surface area contributed by atoms with Crippen molar-refractivity contribution in [1.82, 2.24) is 4.90 Å². The van der Waals surface area contributed by atoms with E-state index in [0.717, 1.165) is 11.1 Å². The number of carbonyl (C=O) groups is 2. The summed E-state index contributed by atoms with van der Waals surface area (Å²) in [6.07, 6.45) is 1.42. The minimum absolute atomic E-state index is 0.0830. The first-order chi connectivity index (χ1) is 12.2. The molecule has 25 heavy (non-hydrogen) atoms. The van der Waals surface area contributed by atoms with Crippen molar-refractivity contribution in [3.05, 3.63) is 83.6 Å². The Morgan fingerprint density at radius 2 is 1.52 bits per heavy atom. The molecule has 1 heterocycles. The Bertz CT molecular complexity index is 756. The predicted octanol–water partition coefficient (Wildman–Crippen LogP) is 2.67. The van der Waals surface area contributed by atoms with Crippen molar-refractivity contribution in [3.63, 3.8) is 0 Å². The van der Waals surface area contributed by atoms with Crippen LogP contribution in [0.2, 0.25) is 0 Å². The first kappa shape index (κ1) is 16.8. The number of rotatable bonds is 7. The molecular weight excluding hydrogens is 318 g/mol. The highest BCUT2D eigenvalue weighted by Gasteiger charge is 2.25. The molecule has 3 rings (SSSR count). The molecule has 0 atom stereocenters. The standard InChI is InChI=1S/C20H19NO4/c22-19-11-18(24-14-16-7-3-1-4-8-16)12-21(19)13-20(23)25-15-17-9-5-2-6-10-17/h1-11H,12-15H2. The number of carbonyl (C=O) groups excluding carboxylic acids is 2. The van der Waals surface area contributed by atoms with Crippen LogP contribution in [0.1, 0.15) is 11.1 Å². The second-order valence-corrected chi connectivity index (χ2v) is 5.73. The minimum atomic E-state index is -0.435. The lowest BCUT2D eigenvalue weighted by Crippen LogP contribution is -2.32. The Balaban J connectivity index is 1.43. The molecule has 0 aliphatic carbocycles. The van der Waals surface area contributed by atoms with Crippen molar-refractivity contribution in [1.29, 1.82) is 0 Å². The van der Waals surface area contributed by atoms with Crippen molar-refractivity contribution >= 4 is 11.9 Å². The van der Waals surface area contributed by atoms with Gasteiger partial charge in [0.2, 0.25) is 0 Å². The van der Waals surface area contributed by atoms with Crippen molar-refractivity contribution in [2.24, 2.45) is 0 Å². The van der Waals surface area contributed by atoms with Gasteiger partial charge < -0.3 is 14.4 Å². The average Bonchev–Trinajstić information content (AvgIpc) is 2.99. The number of benzene rings is 2. The Labute approximate surface area is 146 Å². The topological polar surface area (TPSA) is 55.8 Å². The smallest absolute Gasteiger partial charge is 0.326 e. The zero-order chi connectivity index (χ0) is 17.5. The van der Waals surface area contributed by atoms with Crippen LogP contribution in [0.5, 0.6) is 0 Å². The second kappa shape index (κ2) is 8.15. The third-order valence-electron chi connectivity index (χ3n) is 3.77. The van der Waals surface area contributed by atoms with Gasteiger partial charge in [-0.2, -0.15) is 0 Å². The normalized spacial score (nSPS) is 13.5. The number of hydrogen-bond acceptors (Lipinski definition) is 4. The number of nitrogens with zero attached hydrogens (tertiary/aromatic N) is 1. The van der Waals surface area contributed by atoms with Crippen LogP contribution in [-0.4, -0.2) is 29.9 Å². The molecule has 0 radical (unpaired) electrons. The lowest BCUT2D eigenvalue weighted by molar-refractivity contribution is -0.148. The van der Waals surface area contributed by atoms with Gasteiger partial charge in [-0.25, -0.2) is 0 Å². The zero-order valence-corrected chi connectivity index (χ0v) is 13.8. The molecule has 5 nitrogen and oxygen atoms in total. The molecule has 0 saturated heterocycles. The van der Waals surface area contributed by atoms with E-state index in [1.165, 1.54) is 11.0 Å². The van der Waals surface area contributed by atoms with E-state index in [-0.39, 0.29) is 25.6 Å². The predicted molar refractivity (Wildman–Crippen MR) is 92.1 cm³/mol. The van der Waals surface area contributed by atoms with Crippen LogP contribution < -0.4 is 0 Å². The second-order valence-electron chi connectivity index (χ2n) is 5.73. The van der Waals surface area contributed by atoms with Crippen LogP contribution >= 0.6 is 0 Å². The van der Waals surface area contributed by atoms with E-state index in [4.69, 9.17) is 9.47 Å². The summed E-state index contributed by atoms with van der Waals surface area (Å²) in [6.45, 7) is 0.797. The maximum Gasteiger partial charge on any atom is 0.326 e. The van der Waals surface area contributed by atoms with E-state index in [1.54, 1.807) is 0 Å². The highest BCUT2D eigenvalue weighted by atomic mass is 16.5. The van der Waals surface area contributed by atoms with Gasteiger partial charge in [0, 0.05) is 6.08 Å². The van der Waals surface area contributed by atoms with E-state index in [9.17, 15) is 9.59 Å². The molecule has 0 unspecified atom stereocenters. The fourth-order valence-electron chi connectivity index (χ4n) is 2.45. The molecule has 128 valence electrons. The number of ether oxygens (including phenoxy) is 2. The molecule has 0 N–H and O–H groups in total. The third-order valence-corrected chi connectivity index (χ3v) is 3.77. The van der Waals surface area contributed by atoms with E-state index >= 15 is 0 Å². The average molecular weight is 337 g/mol. The van der Waals surface area contributed by atoms with E-state index in [2.05, 4.69) is 0 Å². The molecule has 1 aliphatic rings. The summed E-state index contributed by atoms with van der Waals surface area (Å²) in [5.41, 5.74) is 1.94. The molecule has 2 aromatic carbocycles. The molecule has 0 bridgehead atoms. The summed E-state index contributed by atoms with van der Waals surface area (Å²) >= 11 is 0. The Kier molecular flexibility index (Phi) is 5.46. The molecule has 1 aliphatic heterocycles. The van der Waals surface area contributed by atoms with Crippen LogP contribution in [0.15, 0.2) is 72.5 Å². The van der Waals surface area contributed by atoms with Gasteiger partial charge in [-0.15, -0.1) is 0 Å². The largest absolute Gasteiger partial charge is 0.491 e. The maximum absolute atomic E-state index is 12.0. The van der Waals surface area contributed by atoms with Crippen molar-refractivity contribution in [2.45, 2.75) is 13.2 Å². The van der Waals surface area contributed by atoms with Crippen LogP contribution in [-0.2, 0) is 32.3 Å². The van der Waals surface area contributed by atoms with Gasteiger partial charge in [0.25, 0.3) is 5.91 Å². The fraction of sp³-hybridized carbons (Fsp3) is 0.200. The number of esters is 1. The van der Waals surface area contributed by atoms with Gasteiger partial charge in [-0.3, -0.25) is 9.59 Å². The summed E-state index contributed by atoms with van der Waals surface area (Å²) < 4.78 is 10.9. The minimum Gasteiger partial charge on any atom is -0.491 e. The monoisotopic (exact) mass is 337 g/mol. The first-order valence-electron chi connectivity index (χ1n) is 8.06. The van der Waals surface area contributed by atoms with Gasteiger partial charge >= 0.3 is 5.97 Å². The quantitative estimate of drug-likeness (QED) is 0.729. The van der Waals surface area contributed by atoms with Crippen LogP contribution in [0.4, 0.5) is 0 Å². The summed E-state index contributed by atoms with van der Waals surface area (Å²) in [5.74, 6) is -0.112. The molecule has 5 heteroatoms.